The first-order valence-corrected chi connectivity index (χ1v) is 6.12. The van der Waals surface area contributed by atoms with Gasteiger partial charge in [-0.15, -0.1) is 23.7 Å². The maximum atomic E-state index is 10.9. The molecule has 0 aliphatic heterocycles. The average molecular weight is 280 g/mol. The van der Waals surface area contributed by atoms with Crippen LogP contribution in [-0.2, 0) is 11.3 Å². The summed E-state index contributed by atoms with van der Waals surface area (Å²) in [6.45, 7) is 6.16. The molecule has 0 fully saturated rings. The van der Waals surface area contributed by atoms with Gasteiger partial charge in [0.25, 0.3) is 0 Å². The van der Waals surface area contributed by atoms with Crippen molar-refractivity contribution in [1.82, 2.24) is 15.6 Å². The molecule has 1 amide bonds. The van der Waals surface area contributed by atoms with Gasteiger partial charge in [0.1, 0.15) is 0 Å². The number of thiazole rings is 1. The molecule has 7 heteroatoms. The van der Waals surface area contributed by atoms with Crippen LogP contribution < -0.4 is 10.6 Å². The molecule has 0 saturated heterocycles. The summed E-state index contributed by atoms with van der Waals surface area (Å²) in [6, 6.07) is 0. The first-order valence-electron chi connectivity index (χ1n) is 5.24. The molecule has 0 aromatic carbocycles. The molecule has 1 aromatic rings. The van der Waals surface area contributed by atoms with Crippen molar-refractivity contribution in [2.45, 2.75) is 20.4 Å². The molecule has 0 spiro atoms. The number of halogens is 1. The maximum absolute atomic E-state index is 10.9. The first-order chi connectivity index (χ1) is 7.72. The summed E-state index contributed by atoms with van der Waals surface area (Å²) >= 11 is 1.64. The summed E-state index contributed by atoms with van der Waals surface area (Å²) in [4.78, 5) is 15.2. The summed E-state index contributed by atoms with van der Waals surface area (Å²) in [5.74, 6) is 0. The van der Waals surface area contributed by atoms with E-state index in [4.69, 9.17) is 4.74 Å². The maximum Gasteiger partial charge on any atom is 0.407 e. The summed E-state index contributed by atoms with van der Waals surface area (Å²) in [6.07, 6.45) is -0.367. The minimum absolute atomic E-state index is 0. The van der Waals surface area contributed by atoms with Crippen molar-refractivity contribution in [2.75, 3.05) is 19.7 Å². The van der Waals surface area contributed by atoms with Gasteiger partial charge in [-0.25, -0.2) is 9.78 Å². The van der Waals surface area contributed by atoms with Gasteiger partial charge in [-0.05, 0) is 13.8 Å². The van der Waals surface area contributed by atoms with Crippen molar-refractivity contribution in [2.24, 2.45) is 0 Å². The van der Waals surface area contributed by atoms with E-state index >= 15 is 0 Å². The second kappa shape index (κ2) is 9.21. The van der Waals surface area contributed by atoms with Gasteiger partial charge in [0.05, 0.1) is 17.3 Å². The van der Waals surface area contributed by atoms with Crippen LogP contribution in [0.3, 0.4) is 0 Å². The fourth-order valence-electron chi connectivity index (χ4n) is 1.14. The van der Waals surface area contributed by atoms with E-state index in [0.717, 1.165) is 17.2 Å². The molecule has 2 N–H and O–H groups in total. The highest BCUT2D eigenvalue weighted by atomic mass is 35.5. The van der Waals surface area contributed by atoms with Crippen LogP contribution >= 0.6 is 23.7 Å². The number of rotatable bonds is 6. The molecule has 1 rings (SSSR count). The Kier molecular flexibility index (Phi) is 8.75. The quantitative estimate of drug-likeness (QED) is 0.778. The van der Waals surface area contributed by atoms with Crippen LogP contribution in [-0.4, -0.2) is 30.8 Å². The number of ether oxygens (including phenoxy) is 1. The molecule has 17 heavy (non-hydrogen) atoms. The summed E-state index contributed by atoms with van der Waals surface area (Å²) < 4.78 is 4.72. The zero-order valence-electron chi connectivity index (χ0n) is 9.99. The number of alkyl carbamates (subject to hydrolysis) is 1. The minimum atomic E-state index is -0.367. The number of amides is 1. The van der Waals surface area contributed by atoms with Gasteiger partial charge in [-0.3, -0.25) is 0 Å². The molecular weight excluding hydrogens is 262 g/mol. The average Bonchev–Trinajstić information content (AvgIpc) is 2.64. The van der Waals surface area contributed by atoms with Crippen LogP contribution in [0.25, 0.3) is 0 Å². The molecule has 1 heterocycles. The van der Waals surface area contributed by atoms with Gasteiger partial charge in [0.15, 0.2) is 0 Å². The van der Waals surface area contributed by atoms with Crippen LogP contribution in [0, 0.1) is 6.92 Å². The molecule has 5 nitrogen and oxygen atoms in total. The van der Waals surface area contributed by atoms with E-state index in [9.17, 15) is 4.79 Å². The number of carbonyl (C=O) groups excluding carboxylic acids is 1. The predicted octanol–water partition coefficient (Wildman–Crippen LogP) is 1.71. The van der Waals surface area contributed by atoms with Gasteiger partial charge >= 0.3 is 6.09 Å². The Bertz CT molecular complexity index is 333. The second-order valence-corrected chi connectivity index (χ2v) is 4.24. The Hall–Kier alpha value is -0.850. The molecule has 0 unspecified atom stereocenters. The van der Waals surface area contributed by atoms with Crippen molar-refractivity contribution in [3.05, 3.63) is 16.1 Å². The standard InChI is InChI=1S/C10H17N3O2S.ClH/c1-3-15-10(14)12-5-4-11-6-9-7-16-8(2)13-9;/h7,11H,3-6H2,1-2H3,(H,12,14);1H. The third-order valence-electron chi connectivity index (χ3n) is 1.82. The first kappa shape index (κ1) is 16.1. The van der Waals surface area contributed by atoms with E-state index in [-0.39, 0.29) is 18.5 Å². The van der Waals surface area contributed by atoms with Gasteiger partial charge in [-0.1, -0.05) is 0 Å². The summed E-state index contributed by atoms with van der Waals surface area (Å²) in [5.41, 5.74) is 1.04. The minimum Gasteiger partial charge on any atom is -0.450 e. The van der Waals surface area contributed by atoms with Crippen molar-refractivity contribution in [1.29, 1.82) is 0 Å². The lowest BCUT2D eigenvalue weighted by Gasteiger charge is -2.05. The Morgan fingerprint density at radius 1 is 1.53 bits per heavy atom. The fraction of sp³-hybridized carbons (Fsp3) is 0.600. The molecule has 1 aromatic heterocycles. The number of nitrogens with one attached hydrogen (secondary N) is 2. The highest BCUT2D eigenvalue weighted by molar-refractivity contribution is 7.09. The van der Waals surface area contributed by atoms with Gasteiger partial charge < -0.3 is 15.4 Å². The zero-order chi connectivity index (χ0) is 11.8. The van der Waals surface area contributed by atoms with Crippen LogP contribution in [0.2, 0.25) is 0 Å². The molecule has 0 radical (unpaired) electrons. The third-order valence-corrected chi connectivity index (χ3v) is 2.64. The highest BCUT2D eigenvalue weighted by Gasteiger charge is 1.99. The fourth-order valence-corrected chi connectivity index (χ4v) is 1.75. The summed E-state index contributed by atoms with van der Waals surface area (Å²) in [5, 5.41) is 8.92. The van der Waals surface area contributed by atoms with Crippen LogP contribution in [0.1, 0.15) is 17.6 Å². The van der Waals surface area contributed by atoms with E-state index in [1.54, 1.807) is 18.3 Å². The van der Waals surface area contributed by atoms with E-state index in [0.29, 0.717) is 19.7 Å². The third kappa shape index (κ3) is 7.14. The number of nitrogens with zero attached hydrogens (tertiary/aromatic N) is 1. The SMILES string of the molecule is CCOC(=O)NCCNCc1csc(C)n1.Cl. The van der Waals surface area contributed by atoms with Crippen LogP contribution in [0.5, 0.6) is 0 Å². The smallest absolute Gasteiger partial charge is 0.407 e. The molecule has 0 aliphatic carbocycles. The number of hydrogen-bond acceptors (Lipinski definition) is 5. The molecular formula is C10H18ClN3O2S. The monoisotopic (exact) mass is 279 g/mol. The van der Waals surface area contributed by atoms with Crippen molar-refractivity contribution >= 4 is 29.8 Å². The normalized spacial score (nSPS) is 9.53. The summed E-state index contributed by atoms with van der Waals surface area (Å²) in [7, 11) is 0. The lowest BCUT2D eigenvalue weighted by atomic mass is 10.4. The van der Waals surface area contributed by atoms with Crippen molar-refractivity contribution in [3.8, 4) is 0 Å². The topological polar surface area (TPSA) is 63.2 Å². The van der Waals surface area contributed by atoms with E-state index in [2.05, 4.69) is 15.6 Å². The second-order valence-electron chi connectivity index (χ2n) is 3.18. The van der Waals surface area contributed by atoms with Crippen molar-refractivity contribution < 1.29 is 9.53 Å². The van der Waals surface area contributed by atoms with E-state index in [1.165, 1.54) is 0 Å². The Labute approximate surface area is 111 Å². The number of hydrogen-bond donors (Lipinski definition) is 2. The zero-order valence-corrected chi connectivity index (χ0v) is 11.6. The highest BCUT2D eigenvalue weighted by Crippen LogP contribution is 2.06. The lowest BCUT2D eigenvalue weighted by molar-refractivity contribution is 0.152. The number of aromatic nitrogens is 1. The van der Waals surface area contributed by atoms with Gasteiger partial charge in [0.2, 0.25) is 0 Å². The van der Waals surface area contributed by atoms with E-state index < -0.39 is 0 Å². The van der Waals surface area contributed by atoms with Crippen LogP contribution in [0.4, 0.5) is 4.79 Å². The molecule has 98 valence electrons. The molecule has 0 saturated carbocycles. The van der Waals surface area contributed by atoms with Gasteiger partial charge in [0, 0.05) is 25.0 Å². The van der Waals surface area contributed by atoms with Crippen LogP contribution in [0.15, 0.2) is 5.38 Å². The van der Waals surface area contributed by atoms with E-state index in [1.807, 2.05) is 12.3 Å². The molecule has 0 bridgehead atoms. The van der Waals surface area contributed by atoms with Crippen molar-refractivity contribution in [3.63, 3.8) is 0 Å². The Morgan fingerprint density at radius 2 is 2.29 bits per heavy atom. The molecule has 0 aliphatic rings. The lowest BCUT2D eigenvalue weighted by Crippen LogP contribution is -2.32. The molecule has 0 atom stereocenters. The predicted molar refractivity (Wildman–Crippen MR) is 70.8 cm³/mol. The van der Waals surface area contributed by atoms with Gasteiger partial charge in [-0.2, -0.15) is 0 Å². The number of carbonyl (C=O) groups is 1. The number of aryl methyl sites for hydroxylation is 1. The largest absolute Gasteiger partial charge is 0.450 e. The Morgan fingerprint density at radius 3 is 2.88 bits per heavy atom. The Balaban J connectivity index is 0.00000256.